The van der Waals surface area contributed by atoms with E-state index < -0.39 is 46.6 Å². The van der Waals surface area contributed by atoms with E-state index in [2.05, 4.69) is 4.74 Å². The molecule has 0 spiro atoms. The Bertz CT molecular complexity index is 958. The van der Waals surface area contributed by atoms with Crippen molar-refractivity contribution < 1.29 is 46.7 Å². The van der Waals surface area contributed by atoms with Crippen molar-refractivity contribution in [3.05, 3.63) is 34.3 Å². The second kappa shape index (κ2) is 11.0. The molecule has 0 aromatic heterocycles. The lowest BCUT2D eigenvalue weighted by Crippen LogP contribution is -2.83. The molecule has 1 saturated carbocycles. The number of nitrogens with two attached hydrogens (primary N) is 1. The van der Waals surface area contributed by atoms with Crippen LogP contribution >= 0.6 is 11.6 Å². The monoisotopic (exact) mass is 527 g/mol. The lowest BCUT2D eigenvalue weighted by molar-refractivity contribution is -0.575. The summed E-state index contributed by atoms with van der Waals surface area (Å²) < 4.78 is 68.7. The average molecular weight is 528 g/mol. The summed E-state index contributed by atoms with van der Waals surface area (Å²) in [5.41, 5.74) is -2.72. The first-order valence-electron chi connectivity index (χ1n) is 10.9. The molecule has 1 aliphatic carbocycles. The van der Waals surface area contributed by atoms with Gasteiger partial charge in [0.05, 0.1) is 6.10 Å². The molecule has 0 bridgehead atoms. The Morgan fingerprint density at radius 2 is 1.89 bits per heavy atom. The van der Waals surface area contributed by atoms with Crippen LogP contribution < -0.4 is 5.32 Å². The normalized spacial score (nSPS) is 25.3. The predicted molar refractivity (Wildman–Crippen MR) is 113 cm³/mol. The van der Waals surface area contributed by atoms with Crippen LogP contribution in [0.15, 0.2) is 34.3 Å². The SMILES string of the molecule is N=C(C(=O)N1CCN(CC2CCC(O)CC2)C(=O)C1)/C(Cl)=C1/C=C(OC(F)F)C=C(C(F)(F)F)[NH2+]1. The number of hydrogen-bond donors (Lipinski definition) is 3. The van der Waals surface area contributed by atoms with Crippen LogP contribution in [0, 0.1) is 11.3 Å². The highest BCUT2D eigenvalue weighted by Gasteiger charge is 2.42. The van der Waals surface area contributed by atoms with E-state index in [9.17, 15) is 36.6 Å². The van der Waals surface area contributed by atoms with Crippen molar-refractivity contribution in [1.82, 2.24) is 9.80 Å². The minimum absolute atomic E-state index is 0.0921. The Morgan fingerprint density at radius 1 is 1.23 bits per heavy atom. The molecule has 14 heteroatoms. The number of aliphatic hydroxyl groups is 1. The Kier molecular flexibility index (Phi) is 8.54. The number of aliphatic hydroxyl groups excluding tert-OH is 1. The molecular formula is C21H25ClF5N4O4+. The quantitative estimate of drug-likeness (QED) is 0.361. The largest absolute Gasteiger partial charge is 0.467 e. The van der Waals surface area contributed by atoms with Crippen molar-refractivity contribution >= 4 is 29.1 Å². The van der Waals surface area contributed by atoms with E-state index in [1.807, 2.05) is 0 Å². The van der Waals surface area contributed by atoms with Gasteiger partial charge in [0, 0.05) is 31.8 Å². The van der Waals surface area contributed by atoms with Crippen molar-refractivity contribution in [2.24, 2.45) is 5.92 Å². The summed E-state index contributed by atoms with van der Waals surface area (Å²) in [5.74, 6) is -1.90. The van der Waals surface area contributed by atoms with E-state index in [1.54, 1.807) is 4.90 Å². The Balaban J connectivity index is 1.67. The van der Waals surface area contributed by atoms with Gasteiger partial charge >= 0.3 is 12.8 Å². The number of halogens is 6. The van der Waals surface area contributed by atoms with Gasteiger partial charge in [-0.05, 0) is 31.6 Å². The van der Waals surface area contributed by atoms with Crippen LogP contribution in [0.2, 0.25) is 0 Å². The number of alkyl halides is 5. The fraction of sp³-hybridized carbons (Fsp3) is 0.571. The number of piperazine rings is 1. The van der Waals surface area contributed by atoms with Gasteiger partial charge in [-0.3, -0.25) is 20.3 Å². The molecule has 0 aromatic carbocycles. The molecule has 2 heterocycles. The Hall–Kier alpha value is -2.51. The van der Waals surface area contributed by atoms with E-state index in [1.165, 1.54) is 0 Å². The zero-order valence-corrected chi connectivity index (χ0v) is 19.2. The van der Waals surface area contributed by atoms with Gasteiger partial charge in [0.1, 0.15) is 23.0 Å². The molecule has 2 fully saturated rings. The van der Waals surface area contributed by atoms with E-state index in [4.69, 9.17) is 17.0 Å². The second-order valence-corrected chi connectivity index (χ2v) is 8.93. The molecule has 3 aliphatic rings. The molecule has 8 nitrogen and oxygen atoms in total. The highest BCUT2D eigenvalue weighted by Crippen LogP contribution is 2.27. The van der Waals surface area contributed by atoms with Gasteiger partial charge in [-0.2, -0.15) is 22.0 Å². The highest BCUT2D eigenvalue weighted by molar-refractivity contribution is 6.58. The third-order valence-electron chi connectivity index (χ3n) is 6.05. The number of carbonyl (C=O) groups excluding carboxylic acids is 2. The van der Waals surface area contributed by atoms with E-state index in [0.717, 1.165) is 23.8 Å². The fourth-order valence-corrected chi connectivity index (χ4v) is 4.36. The summed E-state index contributed by atoms with van der Waals surface area (Å²) in [5, 5.41) is 17.5. The summed E-state index contributed by atoms with van der Waals surface area (Å²) in [7, 11) is 0. The third kappa shape index (κ3) is 7.01. The molecular weight excluding hydrogens is 503 g/mol. The third-order valence-corrected chi connectivity index (χ3v) is 6.45. The van der Waals surface area contributed by atoms with E-state index >= 15 is 0 Å². The van der Waals surface area contributed by atoms with Crippen molar-refractivity contribution in [2.75, 3.05) is 26.2 Å². The zero-order chi connectivity index (χ0) is 25.9. The fourth-order valence-electron chi connectivity index (χ4n) is 4.17. The number of ether oxygens (including phenoxy) is 1. The van der Waals surface area contributed by atoms with Crippen molar-refractivity contribution in [2.45, 2.75) is 44.6 Å². The van der Waals surface area contributed by atoms with Crippen LogP contribution in [0.5, 0.6) is 0 Å². The molecule has 3 rings (SSSR count). The van der Waals surface area contributed by atoms with Gasteiger partial charge in [-0.15, -0.1) is 0 Å². The van der Waals surface area contributed by atoms with E-state index in [-0.39, 0.29) is 37.6 Å². The van der Waals surface area contributed by atoms with Crippen LogP contribution in [-0.2, 0) is 14.3 Å². The molecule has 194 valence electrons. The molecule has 2 amide bonds. The number of nitrogens with zero attached hydrogens (tertiary/aromatic N) is 2. The number of hydrogen-bond acceptors (Lipinski definition) is 5. The maximum absolute atomic E-state index is 13.2. The summed E-state index contributed by atoms with van der Waals surface area (Å²) in [6.45, 7) is -2.93. The topological polar surface area (TPSA) is 111 Å². The zero-order valence-electron chi connectivity index (χ0n) is 18.5. The predicted octanol–water partition coefficient (Wildman–Crippen LogP) is 1.82. The maximum atomic E-state index is 13.2. The van der Waals surface area contributed by atoms with E-state index in [0.29, 0.717) is 30.8 Å². The minimum Gasteiger partial charge on any atom is -0.434 e. The molecule has 0 atom stereocenters. The van der Waals surface area contributed by atoms with Crippen molar-refractivity contribution in [3.8, 4) is 0 Å². The van der Waals surface area contributed by atoms with Crippen molar-refractivity contribution in [1.29, 1.82) is 5.41 Å². The lowest BCUT2D eigenvalue weighted by Gasteiger charge is -2.37. The molecule has 4 N–H and O–H groups in total. The van der Waals surface area contributed by atoms with Crippen LogP contribution in [-0.4, -0.2) is 77.5 Å². The van der Waals surface area contributed by atoms with Gasteiger partial charge in [0.25, 0.3) is 5.91 Å². The first-order chi connectivity index (χ1) is 16.3. The van der Waals surface area contributed by atoms with Gasteiger partial charge in [-0.25, -0.2) is 0 Å². The Labute approximate surface area is 202 Å². The van der Waals surface area contributed by atoms with Crippen molar-refractivity contribution in [3.63, 3.8) is 0 Å². The Morgan fingerprint density at radius 3 is 2.46 bits per heavy atom. The highest BCUT2D eigenvalue weighted by atomic mass is 35.5. The summed E-state index contributed by atoms with van der Waals surface area (Å²) in [6.07, 6.45) is -1.19. The van der Waals surface area contributed by atoms with Gasteiger partial charge in [0.2, 0.25) is 11.6 Å². The minimum atomic E-state index is -4.92. The number of amides is 2. The van der Waals surface area contributed by atoms with Crippen LogP contribution in [0.1, 0.15) is 25.7 Å². The maximum Gasteiger partial charge on any atom is 0.467 e. The molecule has 35 heavy (non-hydrogen) atoms. The number of quaternary nitrogens is 1. The second-order valence-electron chi connectivity index (χ2n) is 8.55. The first-order valence-corrected chi connectivity index (χ1v) is 11.3. The number of nitrogens with one attached hydrogen (secondary N) is 1. The molecule has 0 radical (unpaired) electrons. The molecule has 0 unspecified atom stereocenters. The van der Waals surface area contributed by atoms with Crippen LogP contribution in [0.25, 0.3) is 0 Å². The standard InChI is InChI=1S/C21H24ClF5N4O4/c22-17(14-7-13(35-20(23)24)8-15(29-14)21(25,26)27)18(28)19(34)31-6-5-30(16(33)10-31)9-11-1-3-12(32)4-2-11/h7-8,11-12,20,28-29,32H,1-6,9-10H2/p+1/b17-14+,28-18?. The number of rotatable bonds is 6. The van der Waals surface area contributed by atoms with Gasteiger partial charge in [0.15, 0.2) is 5.70 Å². The molecule has 2 aliphatic heterocycles. The summed E-state index contributed by atoms with van der Waals surface area (Å²) >= 11 is 6.03. The van der Waals surface area contributed by atoms with Crippen LogP contribution in [0.3, 0.4) is 0 Å². The average Bonchev–Trinajstić information content (AvgIpc) is 2.79. The van der Waals surface area contributed by atoms with Crippen LogP contribution in [0.4, 0.5) is 22.0 Å². The first kappa shape index (κ1) is 27.1. The summed E-state index contributed by atoms with van der Waals surface area (Å²) in [4.78, 5) is 28.0. The number of allylic oxidation sites excluding steroid dienone is 3. The smallest absolute Gasteiger partial charge is 0.434 e. The lowest BCUT2D eigenvalue weighted by atomic mass is 9.87. The van der Waals surface area contributed by atoms with Gasteiger partial charge < -0.3 is 19.6 Å². The molecule has 1 saturated heterocycles. The summed E-state index contributed by atoms with van der Waals surface area (Å²) in [6, 6.07) is 0. The van der Waals surface area contributed by atoms with Gasteiger partial charge in [-0.1, -0.05) is 11.6 Å². The molecule has 0 aromatic rings. The number of carbonyl (C=O) groups is 2.